The van der Waals surface area contributed by atoms with Crippen molar-refractivity contribution in [3.8, 4) is 0 Å². The largest absolute Gasteiger partial charge is 0.382 e. The van der Waals surface area contributed by atoms with E-state index >= 15 is 0 Å². The molecule has 1 aliphatic rings. The van der Waals surface area contributed by atoms with Gasteiger partial charge in [0.15, 0.2) is 0 Å². The van der Waals surface area contributed by atoms with E-state index in [1.54, 1.807) is 7.11 Å². The van der Waals surface area contributed by atoms with Crippen LogP contribution in [0.2, 0.25) is 0 Å². The van der Waals surface area contributed by atoms with Gasteiger partial charge in [-0.2, -0.15) is 11.8 Å². The Morgan fingerprint density at radius 3 is 2.59 bits per heavy atom. The molecule has 1 fully saturated rings. The molecule has 1 atom stereocenters. The third-order valence-corrected chi connectivity index (χ3v) is 3.86. The summed E-state index contributed by atoms with van der Waals surface area (Å²) in [5.74, 6) is 2.58. The molecule has 102 valence electrons. The summed E-state index contributed by atoms with van der Waals surface area (Å²) in [5, 5.41) is 3.53. The summed E-state index contributed by atoms with van der Waals surface area (Å²) in [6.07, 6.45) is 2.66. The maximum Gasteiger partial charge on any atom is 0.0701 e. The van der Waals surface area contributed by atoms with E-state index in [1.165, 1.54) is 24.3 Å². The van der Waals surface area contributed by atoms with E-state index in [-0.39, 0.29) is 0 Å². The second-order valence-corrected chi connectivity index (χ2v) is 5.24. The number of thioether (sulfide) groups is 1. The molecule has 1 rings (SSSR count). The van der Waals surface area contributed by atoms with E-state index < -0.39 is 0 Å². The molecule has 0 amide bonds. The Balaban J connectivity index is 1.75. The first-order valence-corrected chi connectivity index (χ1v) is 7.54. The van der Waals surface area contributed by atoms with Crippen LogP contribution >= 0.6 is 11.8 Å². The molecule has 0 saturated carbocycles. The van der Waals surface area contributed by atoms with Gasteiger partial charge in [0.25, 0.3) is 0 Å². The Kier molecular flexibility index (Phi) is 10.1. The van der Waals surface area contributed by atoms with Crippen LogP contribution < -0.4 is 5.32 Å². The molecule has 0 aromatic carbocycles. The summed E-state index contributed by atoms with van der Waals surface area (Å²) >= 11 is 2.05. The molecule has 5 heteroatoms. The van der Waals surface area contributed by atoms with Crippen molar-refractivity contribution in [2.75, 3.05) is 58.2 Å². The third kappa shape index (κ3) is 8.85. The van der Waals surface area contributed by atoms with Gasteiger partial charge in [-0.3, -0.25) is 0 Å². The Morgan fingerprint density at radius 2 is 1.88 bits per heavy atom. The third-order valence-electron chi connectivity index (χ3n) is 2.64. The number of hydrogen-bond acceptors (Lipinski definition) is 5. The molecule has 1 heterocycles. The van der Waals surface area contributed by atoms with Crippen LogP contribution in [0.15, 0.2) is 0 Å². The molecule has 0 radical (unpaired) electrons. The van der Waals surface area contributed by atoms with Crippen LogP contribution in [0.5, 0.6) is 0 Å². The van der Waals surface area contributed by atoms with Crippen LogP contribution in [0.3, 0.4) is 0 Å². The van der Waals surface area contributed by atoms with Crippen molar-refractivity contribution in [1.29, 1.82) is 0 Å². The van der Waals surface area contributed by atoms with Crippen molar-refractivity contribution >= 4 is 11.8 Å². The van der Waals surface area contributed by atoms with E-state index in [2.05, 4.69) is 5.32 Å². The minimum atomic E-state index is 0.650. The van der Waals surface area contributed by atoms with Crippen LogP contribution in [0.1, 0.15) is 12.8 Å². The Labute approximate surface area is 109 Å². The zero-order valence-electron chi connectivity index (χ0n) is 10.8. The van der Waals surface area contributed by atoms with Crippen molar-refractivity contribution in [2.24, 2.45) is 0 Å². The Hall–Kier alpha value is 0.190. The van der Waals surface area contributed by atoms with Crippen molar-refractivity contribution < 1.29 is 14.2 Å². The van der Waals surface area contributed by atoms with Crippen LogP contribution in [0.4, 0.5) is 0 Å². The lowest BCUT2D eigenvalue weighted by molar-refractivity contribution is 0.0252. The first kappa shape index (κ1) is 15.2. The van der Waals surface area contributed by atoms with Gasteiger partial charge in [-0.1, -0.05) is 0 Å². The summed E-state index contributed by atoms with van der Waals surface area (Å²) < 4.78 is 15.6. The molecule has 0 aromatic heterocycles. The molecule has 1 N–H and O–H groups in total. The van der Waals surface area contributed by atoms with E-state index in [0.717, 1.165) is 13.2 Å². The van der Waals surface area contributed by atoms with Crippen LogP contribution in [0.25, 0.3) is 0 Å². The lowest BCUT2D eigenvalue weighted by Gasteiger charge is -2.22. The highest BCUT2D eigenvalue weighted by Gasteiger charge is 2.11. The van der Waals surface area contributed by atoms with Gasteiger partial charge in [0, 0.05) is 25.4 Å². The van der Waals surface area contributed by atoms with Gasteiger partial charge in [-0.15, -0.1) is 0 Å². The number of rotatable bonds is 10. The van der Waals surface area contributed by atoms with Crippen molar-refractivity contribution in [1.82, 2.24) is 5.32 Å². The lowest BCUT2D eigenvalue weighted by atomic mass is 10.2. The summed E-state index contributed by atoms with van der Waals surface area (Å²) in [7, 11) is 1.68. The Bertz CT molecular complexity index is 166. The second-order valence-electron chi connectivity index (χ2n) is 4.09. The van der Waals surface area contributed by atoms with Gasteiger partial charge in [0.1, 0.15) is 0 Å². The van der Waals surface area contributed by atoms with Gasteiger partial charge in [-0.05, 0) is 18.6 Å². The topological polar surface area (TPSA) is 39.7 Å². The second kappa shape index (κ2) is 11.3. The van der Waals surface area contributed by atoms with Gasteiger partial charge in [0.2, 0.25) is 0 Å². The Morgan fingerprint density at radius 1 is 1.12 bits per heavy atom. The van der Waals surface area contributed by atoms with E-state index in [9.17, 15) is 0 Å². The zero-order valence-corrected chi connectivity index (χ0v) is 11.6. The fourth-order valence-corrected chi connectivity index (χ4v) is 2.81. The van der Waals surface area contributed by atoms with E-state index in [1.807, 2.05) is 11.8 Å². The lowest BCUT2D eigenvalue weighted by Crippen LogP contribution is -2.36. The monoisotopic (exact) mass is 263 g/mol. The molecule has 1 aliphatic heterocycles. The van der Waals surface area contributed by atoms with Gasteiger partial charge < -0.3 is 19.5 Å². The fraction of sp³-hybridized carbons (Fsp3) is 1.00. The SMILES string of the molecule is COCCOCCOCCNC1CCCSC1. The first-order chi connectivity index (χ1) is 8.43. The molecule has 1 unspecified atom stereocenters. The fourth-order valence-electron chi connectivity index (χ4n) is 1.70. The predicted octanol–water partition coefficient (Wildman–Crippen LogP) is 1.15. The standard InChI is InChI=1S/C12H25NO3S/c1-14-6-7-16-9-8-15-5-4-13-12-3-2-10-17-11-12/h12-13H,2-11H2,1H3. The molecule has 0 aromatic rings. The first-order valence-electron chi connectivity index (χ1n) is 6.39. The number of hydrogen-bond donors (Lipinski definition) is 1. The van der Waals surface area contributed by atoms with E-state index in [4.69, 9.17) is 14.2 Å². The van der Waals surface area contributed by atoms with Crippen LogP contribution in [-0.4, -0.2) is 64.2 Å². The highest BCUT2D eigenvalue weighted by atomic mass is 32.2. The highest BCUT2D eigenvalue weighted by Crippen LogP contribution is 2.16. The molecule has 0 bridgehead atoms. The maximum absolute atomic E-state index is 5.47. The molecule has 0 aliphatic carbocycles. The molecule has 0 spiro atoms. The number of methoxy groups -OCH3 is 1. The normalized spacial score (nSPS) is 20.6. The minimum Gasteiger partial charge on any atom is -0.382 e. The summed E-state index contributed by atoms with van der Waals surface area (Å²) in [4.78, 5) is 0. The molecular weight excluding hydrogens is 238 g/mol. The van der Waals surface area contributed by atoms with Crippen LogP contribution in [0, 0.1) is 0 Å². The summed E-state index contributed by atoms with van der Waals surface area (Å²) in [5.41, 5.74) is 0. The summed E-state index contributed by atoms with van der Waals surface area (Å²) in [6.45, 7) is 4.35. The highest BCUT2D eigenvalue weighted by molar-refractivity contribution is 7.99. The summed E-state index contributed by atoms with van der Waals surface area (Å²) in [6, 6.07) is 0.690. The van der Waals surface area contributed by atoms with Crippen LogP contribution in [-0.2, 0) is 14.2 Å². The maximum atomic E-state index is 5.47. The average molecular weight is 263 g/mol. The molecule has 17 heavy (non-hydrogen) atoms. The van der Waals surface area contributed by atoms with Crippen molar-refractivity contribution in [3.05, 3.63) is 0 Å². The number of nitrogens with one attached hydrogen (secondary N) is 1. The smallest absolute Gasteiger partial charge is 0.0701 e. The molecular formula is C12H25NO3S. The van der Waals surface area contributed by atoms with Gasteiger partial charge in [0.05, 0.1) is 33.0 Å². The zero-order chi connectivity index (χ0) is 12.2. The number of ether oxygens (including phenoxy) is 3. The van der Waals surface area contributed by atoms with Gasteiger partial charge >= 0.3 is 0 Å². The van der Waals surface area contributed by atoms with Gasteiger partial charge in [-0.25, -0.2) is 0 Å². The average Bonchev–Trinajstić information content (AvgIpc) is 2.38. The van der Waals surface area contributed by atoms with Crippen molar-refractivity contribution in [3.63, 3.8) is 0 Å². The minimum absolute atomic E-state index is 0.650. The van der Waals surface area contributed by atoms with Crippen molar-refractivity contribution in [2.45, 2.75) is 18.9 Å². The molecule has 4 nitrogen and oxygen atoms in total. The van der Waals surface area contributed by atoms with E-state index in [0.29, 0.717) is 32.5 Å². The predicted molar refractivity (Wildman–Crippen MR) is 71.9 cm³/mol. The molecule has 1 saturated heterocycles. The quantitative estimate of drug-likeness (QED) is 0.599.